The normalized spacial score (nSPS) is 25.1. The first-order valence-electron chi connectivity index (χ1n) is 7.75. The SMILES string of the molecule is CN1CCCC(N2CCC(Nc3ccncn3)CC2)C1=O. The highest BCUT2D eigenvalue weighted by atomic mass is 16.2. The Bertz CT molecular complexity index is 472. The molecule has 3 heterocycles. The molecule has 0 saturated carbocycles. The smallest absolute Gasteiger partial charge is 0.239 e. The molecule has 2 saturated heterocycles. The van der Waals surface area contributed by atoms with Crippen molar-refractivity contribution in [2.45, 2.75) is 37.8 Å². The van der Waals surface area contributed by atoms with Gasteiger partial charge in [0, 0.05) is 38.9 Å². The highest BCUT2D eigenvalue weighted by Gasteiger charge is 2.33. The lowest BCUT2D eigenvalue weighted by atomic mass is 9.98. The van der Waals surface area contributed by atoms with E-state index in [1.54, 1.807) is 12.5 Å². The van der Waals surface area contributed by atoms with E-state index in [9.17, 15) is 4.79 Å². The molecule has 114 valence electrons. The number of carbonyl (C=O) groups excluding carboxylic acids is 1. The monoisotopic (exact) mass is 289 g/mol. The van der Waals surface area contributed by atoms with Gasteiger partial charge in [-0.15, -0.1) is 0 Å². The molecule has 0 spiro atoms. The molecule has 2 aliphatic heterocycles. The third-order valence-corrected chi connectivity index (χ3v) is 4.54. The van der Waals surface area contributed by atoms with Crippen molar-refractivity contribution >= 4 is 11.7 Å². The van der Waals surface area contributed by atoms with Crippen LogP contribution in [0.25, 0.3) is 0 Å². The lowest BCUT2D eigenvalue weighted by molar-refractivity contribution is -0.139. The number of hydrogen-bond acceptors (Lipinski definition) is 5. The summed E-state index contributed by atoms with van der Waals surface area (Å²) in [6.07, 6.45) is 7.54. The molecule has 1 amide bonds. The number of nitrogens with zero attached hydrogens (tertiary/aromatic N) is 4. The highest BCUT2D eigenvalue weighted by molar-refractivity contribution is 5.82. The van der Waals surface area contributed by atoms with Crippen LogP contribution in [0.3, 0.4) is 0 Å². The van der Waals surface area contributed by atoms with Crippen LogP contribution >= 0.6 is 0 Å². The maximum absolute atomic E-state index is 12.2. The predicted octanol–water partition coefficient (Wildman–Crippen LogP) is 0.974. The average Bonchev–Trinajstić information content (AvgIpc) is 2.52. The number of likely N-dealkylation sites (N-methyl/N-ethyl adjacent to an activating group) is 1. The standard InChI is InChI=1S/C15H23N5O/c1-19-8-2-3-13(15(19)21)20-9-5-12(6-10-20)18-14-4-7-16-11-17-14/h4,7,11-13H,2-3,5-6,8-10H2,1H3,(H,16,17,18). The third-order valence-electron chi connectivity index (χ3n) is 4.54. The fourth-order valence-corrected chi connectivity index (χ4v) is 3.29. The Morgan fingerprint density at radius 1 is 1.24 bits per heavy atom. The van der Waals surface area contributed by atoms with Crippen LogP contribution in [0.15, 0.2) is 18.6 Å². The van der Waals surface area contributed by atoms with Gasteiger partial charge in [0.25, 0.3) is 0 Å². The lowest BCUT2D eigenvalue weighted by Gasteiger charge is -2.40. The maximum Gasteiger partial charge on any atom is 0.239 e. The summed E-state index contributed by atoms with van der Waals surface area (Å²) in [5.74, 6) is 1.18. The Hall–Kier alpha value is -1.69. The highest BCUT2D eigenvalue weighted by Crippen LogP contribution is 2.22. The molecule has 6 heteroatoms. The fourth-order valence-electron chi connectivity index (χ4n) is 3.29. The molecule has 1 unspecified atom stereocenters. The first kappa shape index (κ1) is 14.3. The molecule has 1 N–H and O–H groups in total. The van der Waals surface area contributed by atoms with Crippen LogP contribution in [0.1, 0.15) is 25.7 Å². The van der Waals surface area contributed by atoms with Gasteiger partial charge < -0.3 is 10.2 Å². The molecule has 1 aromatic heterocycles. The van der Waals surface area contributed by atoms with Crippen LogP contribution in [-0.4, -0.2) is 64.4 Å². The molecular weight excluding hydrogens is 266 g/mol. The van der Waals surface area contributed by atoms with E-state index < -0.39 is 0 Å². The minimum atomic E-state index is 0.101. The number of piperidine rings is 2. The first-order chi connectivity index (χ1) is 10.2. The zero-order chi connectivity index (χ0) is 14.7. The van der Waals surface area contributed by atoms with Crippen LogP contribution in [0, 0.1) is 0 Å². The van der Waals surface area contributed by atoms with Crippen molar-refractivity contribution in [3.8, 4) is 0 Å². The second-order valence-corrected chi connectivity index (χ2v) is 5.97. The van der Waals surface area contributed by atoms with Crippen molar-refractivity contribution in [3.05, 3.63) is 18.6 Å². The summed E-state index contributed by atoms with van der Waals surface area (Å²) in [5.41, 5.74) is 0. The molecule has 21 heavy (non-hydrogen) atoms. The number of likely N-dealkylation sites (tertiary alicyclic amines) is 2. The third kappa shape index (κ3) is 3.32. The van der Waals surface area contributed by atoms with Crippen molar-refractivity contribution in [3.63, 3.8) is 0 Å². The Labute approximate surface area is 125 Å². The number of amides is 1. The van der Waals surface area contributed by atoms with Crippen LogP contribution in [-0.2, 0) is 4.79 Å². The Kier molecular flexibility index (Phi) is 4.34. The average molecular weight is 289 g/mol. The summed E-state index contributed by atoms with van der Waals surface area (Å²) in [6.45, 7) is 2.86. The van der Waals surface area contributed by atoms with E-state index >= 15 is 0 Å². The molecule has 2 aliphatic rings. The van der Waals surface area contributed by atoms with Crippen molar-refractivity contribution in [1.82, 2.24) is 19.8 Å². The Morgan fingerprint density at radius 2 is 2.05 bits per heavy atom. The minimum absolute atomic E-state index is 0.101. The van der Waals surface area contributed by atoms with Crippen molar-refractivity contribution in [1.29, 1.82) is 0 Å². The summed E-state index contributed by atoms with van der Waals surface area (Å²) in [4.78, 5) is 24.6. The van der Waals surface area contributed by atoms with Gasteiger partial charge in [0.2, 0.25) is 5.91 Å². The van der Waals surface area contributed by atoms with E-state index in [-0.39, 0.29) is 6.04 Å². The quantitative estimate of drug-likeness (QED) is 0.898. The van der Waals surface area contributed by atoms with Gasteiger partial charge in [-0.05, 0) is 31.7 Å². The fraction of sp³-hybridized carbons (Fsp3) is 0.667. The topological polar surface area (TPSA) is 61.4 Å². The number of anilines is 1. The predicted molar refractivity (Wildman–Crippen MR) is 80.9 cm³/mol. The van der Waals surface area contributed by atoms with Crippen molar-refractivity contribution < 1.29 is 4.79 Å². The number of hydrogen-bond donors (Lipinski definition) is 1. The van der Waals surface area contributed by atoms with Gasteiger partial charge >= 0.3 is 0 Å². The molecule has 0 aromatic carbocycles. The Morgan fingerprint density at radius 3 is 2.76 bits per heavy atom. The van der Waals surface area contributed by atoms with Crippen molar-refractivity contribution in [2.75, 3.05) is 32.0 Å². The van der Waals surface area contributed by atoms with E-state index in [0.717, 1.165) is 51.1 Å². The van der Waals surface area contributed by atoms with E-state index in [2.05, 4.69) is 20.2 Å². The maximum atomic E-state index is 12.2. The van der Waals surface area contributed by atoms with E-state index in [1.807, 2.05) is 18.0 Å². The molecule has 0 radical (unpaired) electrons. The Balaban J connectivity index is 1.52. The van der Waals surface area contributed by atoms with Crippen LogP contribution in [0.2, 0.25) is 0 Å². The lowest BCUT2D eigenvalue weighted by Crippen LogP contribution is -2.54. The molecule has 0 aliphatic carbocycles. The first-order valence-corrected chi connectivity index (χ1v) is 7.75. The van der Waals surface area contributed by atoms with Gasteiger partial charge in [-0.25, -0.2) is 9.97 Å². The molecule has 3 rings (SSSR count). The summed E-state index contributed by atoms with van der Waals surface area (Å²) >= 11 is 0. The molecule has 0 bridgehead atoms. The number of nitrogens with one attached hydrogen (secondary N) is 1. The summed E-state index contributed by atoms with van der Waals surface area (Å²) in [5, 5.41) is 3.45. The number of aromatic nitrogens is 2. The molecular formula is C15H23N5O. The van der Waals surface area contributed by atoms with Gasteiger partial charge in [0.15, 0.2) is 0 Å². The molecule has 2 fully saturated rings. The zero-order valence-corrected chi connectivity index (χ0v) is 12.5. The van der Waals surface area contributed by atoms with E-state index in [0.29, 0.717) is 11.9 Å². The molecule has 6 nitrogen and oxygen atoms in total. The van der Waals surface area contributed by atoms with E-state index in [4.69, 9.17) is 0 Å². The van der Waals surface area contributed by atoms with Gasteiger partial charge in [0.1, 0.15) is 12.1 Å². The second kappa shape index (κ2) is 6.39. The van der Waals surface area contributed by atoms with E-state index in [1.165, 1.54) is 0 Å². The second-order valence-electron chi connectivity index (χ2n) is 5.97. The van der Waals surface area contributed by atoms with Crippen molar-refractivity contribution in [2.24, 2.45) is 0 Å². The van der Waals surface area contributed by atoms with Gasteiger partial charge in [-0.1, -0.05) is 0 Å². The minimum Gasteiger partial charge on any atom is -0.367 e. The van der Waals surface area contributed by atoms with Gasteiger partial charge in [0.05, 0.1) is 6.04 Å². The number of rotatable bonds is 3. The summed E-state index contributed by atoms with van der Waals surface area (Å²) < 4.78 is 0. The zero-order valence-electron chi connectivity index (χ0n) is 12.5. The molecule has 1 atom stereocenters. The summed E-state index contributed by atoms with van der Waals surface area (Å²) in [7, 11) is 1.91. The van der Waals surface area contributed by atoms with Crippen LogP contribution in [0.4, 0.5) is 5.82 Å². The van der Waals surface area contributed by atoms with Crippen LogP contribution < -0.4 is 5.32 Å². The largest absolute Gasteiger partial charge is 0.367 e. The number of carbonyl (C=O) groups is 1. The van der Waals surface area contributed by atoms with Crippen LogP contribution in [0.5, 0.6) is 0 Å². The van der Waals surface area contributed by atoms with Gasteiger partial charge in [-0.2, -0.15) is 0 Å². The molecule has 1 aromatic rings. The summed E-state index contributed by atoms with van der Waals surface area (Å²) in [6, 6.07) is 2.43. The van der Waals surface area contributed by atoms with Gasteiger partial charge in [-0.3, -0.25) is 9.69 Å².